The van der Waals surface area contributed by atoms with Gasteiger partial charge in [-0.1, -0.05) is 12.8 Å². The molecule has 2 atom stereocenters. The summed E-state index contributed by atoms with van der Waals surface area (Å²) in [4.78, 5) is 20.3. The van der Waals surface area contributed by atoms with Gasteiger partial charge in [-0.3, -0.25) is 14.0 Å². The minimum Gasteiger partial charge on any atom is -0.322 e. The lowest BCUT2D eigenvalue weighted by Gasteiger charge is -2.41. The Morgan fingerprint density at radius 2 is 1.47 bits per heavy atom. The van der Waals surface area contributed by atoms with Crippen LogP contribution in [-0.2, 0) is 13.4 Å². The van der Waals surface area contributed by atoms with Gasteiger partial charge in [-0.25, -0.2) is 4.31 Å². The van der Waals surface area contributed by atoms with Gasteiger partial charge in [0, 0.05) is 0 Å². The van der Waals surface area contributed by atoms with E-state index in [0.717, 1.165) is 25.7 Å². The number of rotatable bonds is 1. The second kappa shape index (κ2) is 3.95. The molecule has 6 nitrogen and oxygen atoms in total. The van der Waals surface area contributed by atoms with Crippen LogP contribution in [0.3, 0.4) is 0 Å². The Balaban J connectivity index is 2.14. The van der Waals surface area contributed by atoms with Crippen molar-refractivity contribution in [1.82, 2.24) is 4.90 Å². The van der Waals surface area contributed by atoms with E-state index < -0.39 is 20.7 Å². The molecule has 15 heavy (non-hydrogen) atoms. The highest BCUT2D eigenvalue weighted by Gasteiger charge is 2.63. The van der Waals surface area contributed by atoms with E-state index in [4.69, 9.17) is 0 Å². The number of nitrogens with zero attached hydrogens (tertiary/aromatic N) is 1. The zero-order valence-corrected chi connectivity index (χ0v) is 10.1. The molecule has 0 spiro atoms. The van der Waals surface area contributed by atoms with Gasteiger partial charge in [-0.2, -0.15) is 0 Å². The largest absolute Gasteiger partial charge is 0.364 e. The fraction of sp³-hybridized carbons (Fsp3) is 1.00. The lowest BCUT2D eigenvalue weighted by atomic mass is 10.2. The molecule has 2 aliphatic rings. The summed E-state index contributed by atoms with van der Waals surface area (Å²) >= 11 is 0. The van der Waals surface area contributed by atoms with E-state index in [1.807, 2.05) is 0 Å². The van der Waals surface area contributed by atoms with Gasteiger partial charge in [-0.15, -0.1) is 0 Å². The molecule has 2 aliphatic heterocycles. The normalized spacial score (nSPS) is 48.3. The average molecular weight is 255 g/mol. The van der Waals surface area contributed by atoms with Crippen LogP contribution in [0.4, 0.5) is 0 Å². The van der Waals surface area contributed by atoms with E-state index in [-0.39, 0.29) is 0 Å². The summed E-state index contributed by atoms with van der Waals surface area (Å²) in [6.07, 6.45) is 3.93. The van der Waals surface area contributed by atoms with Gasteiger partial charge < -0.3 is 9.79 Å². The summed E-state index contributed by atoms with van der Waals surface area (Å²) in [5.41, 5.74) is -1.18. The average Bonchev–Trinajstić information content (AvgIpc) is 2.28. The molecule has 2 N–H and O–H groups in total. The van der Waals surface area contributed by atoms with E-state index in [9.17, 15) is 18.9 Å². The van der Waals surface area contributed by atoms with Crippen molar-refractivity contribution in [2.45, 2.75) is 31.2 Å². The second-order valence-electron chi connectivity index (χ2n) is 4.01. The van der Waals surface area contributed by atoms with Crippen LogP contribution in [0.5, 0.6) is 0 Å². The van der Waals surface area contributed by atoms with Crippen molar-refractivity contribution in [3.05, 3.63) is 0 Å². The third-order valence-corrected chi connectivity index (χ3v) is 8.23. The molecular formula is C7H15NO5P2. The van der Waals surface area contributed by atoms with Crippen LogP contribution in [0.15, 0.2) is 0 Å². The zero-order chi connectivity index (χ0) is 11.1. The molecule has 2 fully saturated rings. The minimum atomic E-state index is -3.87. The highest BCUT2D eigenvalue weighted by atomic mass is 31.3. The third kappa shape index (κ3) is 2.21. The first kappa shape index (κ1) is 11.8. The molecule has 0 aromatic heterocycles. The molecular weight excluding hydrogens is 240 g/mol. The number of hydrogen-bond acceptors (Lipinski definition) is 4. The van der Waals surface area contributed by atoms with Gasteiger partial charge >= 0.3 is 15.2 Å². The van der Waals surface area contributed by atoms with Gasteiger partial charge in [0.05, 0.1) is 0 Å². The highest BCUT2D eigenvalue weighted by Crippen LogP contribution is 2.82. The van der Waals surface area contributed by atoms with Crippen molar-refractivity contribution in [1.29, 1.82) is 0 Å². The second-order valence-corrected chi connectivity index (χ2v) is 8.30. The van der Waals surface area contributed by atoms with E-state index in [2.05, 4.69) is 4.31 Å². The van der Waals surface area contributed by atoms with Crippen LogP contribution in [0.25, 0.3) is 0 Å². The van der Waals surface area contributed by atoms with Gasteiger partial charge in [0.2, 0.25) is 5.52 Å². The van der Waals surface area contributed by atoms with Crippen molar-refractivity contribution in [3.63, 3.8) is 0 Å². The van der Waals surface area contributed by atoms with Crippen LogP contribution in [-0.4, -0.2) is 33.3 Å². The molecule has 0 radical (unpaired) electrons. The fourth-order valence-electron chi connectivity index (χ4n) is 2.13. The monoisotopic (exact) mass is 255 g/mol. The van der Waals surface area contributed by atoms with E-state index >= 15 is 0 Å². The van der Waals surface area contributed by atoms with E-state index in [1.54, 1.807) is 4.90 Å². The van der Waals surface area contributed by atoms with Crippen LogP contribution >= 0.6 is 15.2 Å². The van der Waals surface area contributed by atoms with E-state index in [0.29, 0.717) is 13.1 Å². The maximum Gasteiger partial charge on any atom is 0.364 e. The molecule has 0 aromatic carbocycles. The van der Waals surface area contributed by atoms with Gasteiger partial charge in [0.1, 0.15) is 0 Å². The Labute approximate surface area is 88.3 Å². The molecule has 88 valence electrons. The third-order valence-electron chi connectivity index (χ3n) is 2.78. The molecule has 0 amide bonds. The molecule has 2 rings (SSSR count). The predicted octanol–water partition coefficient (Wildman–Crippen LogP) is 1.55. The first-order valence-electron chi connectivity index (χ1n) is 5.04. The summed E-state index contributed by atoms with van der Waals surface area (Å²) in [7, 11) is -7.75. The van der Waals surface area contributed by atoms with Crippen molar-refractivity contribution in [2.24, 2.45) is 0 Å². The first-order chi connectivity index (χ1) is 6.93. The predicted molar refractivity (Wildman–Crippen MR) is 54.6 cm³/mol. The molecule has 2 unspecified atom stereocenters. The van der Waals surface area contributed by atoms with Gasteiger partial charge in [-0.05, 0) is 25.9 Å². The van der Waals surface area contributed by atoms with E-state index in [1.165, 1.54) is 0 Å². The summed E-state index contributed by atoms with van der Waals surface area (Å²) in [5, 5.41) is 0. The Hall–Kier alpha value is 0.300. The molecule has 0 aromatic rings. The Morgan fingerprint density at radius 1 is 1.00 bits per heavy atom. The van der Waals surface area contributed by atoms with Gasteiger partial charge in [0.25, 0.3) is 0 Å². The quantitative estimate of drug-likeness (QED) is 0.691. The van der Waals surface area contributed by atoms with Crippen LogP contribution in [0.2, 0.25) is 0 Å². The first-order valence-corrected chi connectivity index (χ1v) is 8.33. The standard InChI is InChI=1S/C7H15NO5P2/c9-14(10)7(15(11,12)13-14)8-5-3-1-2-4-6-8/h7H,1-6H2,(H,9,10)(H,11,12). The van der Waals surface area contributed by atoms with Crippen LogP contribution in [0.1, 0.15) is 25.7 Å². The fourth-order valence-corrected chi connectivity index (χ4v) is 6.58. The molecule has 0 aliphatic carbocycles. The SMILES string of the molecule is O=P1(O)OP(=O)(O)C1N1CCCCCC1. The number of hydrogen-bond donors (Lipinski definition) is 2. The Kier molecular flexibility index (Phi) is 3.10. The summed E-state index contributed by atoms with van der Waals surface area (Å²) in [6.45, 7) is 1.20. The van der Waals surface area contributed by atoms with Crippen molar-refractivity contribution in [2.75, 3.05) is 13.1 Å². The van der Waals surface area contributed by atoms with Crippen molar-refractivity contribution in [3.8, 4) is 0 Å². The maximum atomic E-state index is 11.4. The lowest BCUT2D eigenvalue weighted by Crippen LogP contribution is -2.41. The molecule has 0 bridgehead atoms. The maximum absolute atomic E-state index is 11.4. The number of likely N-dealkylation sites (tertiary alicyclic amines) is 1. The molecule has 8 heteroatoms. The highest BCUT2D eigenvalue weighted by molar-refractivity contribution is 7.84. The smallest absolute Gasteiger partial charge is 0.322 e. The summed E-state index contributed by atoms with van der Waals surface area (Å²) in [5.74, 6) is 0. The van der Waals surface area contributed by atoms with Crippen LogP contribution < -0.4 is 0 Å². The molecule has 0 saturated carbocycles. The minimum absolute atomic E-state index is 0.600. The Morgan fingerprint density at radius 3 is 1.87 bits per heavy atom. The van der Waals surface area contributed by atoms with Crippen LogP contribution in [0, 0.1) is 0 Å². The van der Waals surface area contributed by atoms with Gasteiger partial charge in [0.15, 0.2) is 0 Å². The summed E-state index contributed by atoms with van der Waals surface area (Å²) < 4.78 is 27.0. The van der Waals surface area contributed by atoms with Crippen molar-refractivity contribution >= 4 is 15.2 Å². The zero-order valence-electron chi connectivity index (χ0n) is 8.28. The topological polar surface area (TPSA) is 87.1 Å². The lowest BCUT2D eigenvalue weighted by molar-refractivity contribution is 0.195. The molecule has 2 heterocycles. The van der Waals surface area contributed by atoms with Crippen molar-refractivity contribution < 1.29 is 23.2 Å². The Bertz CT molecular complexity index is 316. The molecule has 2 saturated heterocycles. The summed E-state index contributed by atoms with van der Waals surface area (Å²) in [6, 6.07) is 0.